The highest BCUT2D eigenvalue weighted by Gasteiger charge is 2.47. The molecule has 0 amide bonds. The summed E-state index contributed by atoms with van der Waals surface area (Å²) < 4.78 is 31.4. The van der Waals surface area contributed by atoms with Crippen LogP contribution in [0.5, 0.6) is 5.88 Å². The minimum Gasteiger partial charge on any atom is -0.476 e. The summed E-state index contributed by atoms with van der Waals surface area (Å²) in [4.78, 5) is 10.0. The van der Waals surface area contributed by atoms with Crippen LogP contribution in [0.4, 0.5) is 8.78 Å². The first kappa shape index (κ1) is 14.6. The van der Waals surface area contributed by atoms with Crippen molar-refractivity contribution in [2.45, 2.75) is 57.0 Å². The van der Waals surface area contributed by atoms with Crippen LogP contribution in [0.25, 0.3) is 0 Å². The molecule has 3 heterocycles. The fourth-order valence-electron chi connectivity index (χ4n) is 3.89. The third-order valence-electron chi connectivity index (χ3n) is 5.04. The Kier molecular flexibility index (Phi) is 4.06. The van der Waals surface area contributed by atoms with Crippen LogP contribution < -0.4 is 4.74 Å². The first-order chi connectivity index (χ1) is 10.2. The molecule has 0 N–H and O–H groups in total. The molecule has 21 heavy (non-hydrogen) atoms. The molecule has 0 unspecified atom stereocenters. The summed E-state index contributed by atoms with van der Waals surface area (Å²) in [6.07, 6.45) is 5.66. The van der Waals surface area contributed by atoms with Crippen LogP contribution in [0.2, 0.25) is 0 Å². The van der Waals surface area contributed by atoms with Crippen LogP contribution in [0.15, 0.2) is 12.5 Å². The fraction of sp³-hybridized carbons (Fsp3) is 0.733. The Morgan fingerprint density at radius 3 is 3.10 bits per heavy atom. The largest absolute Gasteiger partial charge is 0.476 e. The highest BCUT2D eigenvalue weighted by molar-refractivity contribution is 5.23. The maximum absolute atomic E-state index is 12.9. The van der Waals surface area contributed by atoms with Crippen molar-refractivity contribution in [3.8, 4) is 5.88 Å². The summed E-state index contributed by atoms with van der Waals surface area (Å²) in [6.45, 7) is 3.76. The van der Waals surface area contributed by atoms with Crippen LogP contribution in [0.1, 0.15) is 51.0 Å². The maximum Gasteiger partial charge on any atom is 0.270 e. The van der Waals surface area contributed by atoms with Crippen molar-refractivity contribution in [1.29, 1.82) is 0 Å². The van der Waals surface area contributed by atoms with E-state index in [-0.39, 0.29) is 11.4 Å². The Labute approximate surface area is 123 Å². The highest BCUT2D eigenvalue weighted by Crippen LogP contribution is 2.44. The van der Waals surface area contributed by atoms with Crippen molar-refractivity contribution in [3.63, 3.8) is 0 Å². The van der Waals surface area contributed by atoms with Gasteiger partial charge in [-0.2, -0.15) is 0 Å². The van der Waals surface area contributed by atoms with Gasteiger partial charge in [0.2, 0.25) is 5.88 Å². The Bertz CT molecular complexity index is 500. The Hall–Kier alpha value is -1.30. The molecule has 1 aromatic heterocycles. The number of ether oxygens (including phenoxy) is 1. The smallest absolute Gasteiger partial charge is 0.270 e. The number of hydrogen-bond acceptors (Lipinski definition) is 4. The molecule has 3 rings (SSSR count). The van der Waals surface area contributed by atoms with Crippen LogP contribution in [-0.2, 0) is 0 Å². The first-order valence-electron chi connectivity index (χ1n) is 7.64. The molecule has 0 aliphatic carbocycles. The Balaban J connectivity index is 1.66. The highest BCUT2D eigenvalue weighted by atomic mass is 19.3. The molecule has 1 aromatic rings. The lowest BCUT2D eigenvalue weighted by Gasteiger charge is -2.34. The standard InChI is InChI=1S/C15H21F2N3O/c1-2-15-5-3-7-20(15)11(4-6-15)9-21-14-12(13(16)17)8-18-10-19-14/h8,10-11,13H,2-7,9H2,1H3/t11-,15-/m0/s1. The summed E-state index contributed by atoms with van der Waals surface area (Å²) in [5.74, 6) is 0.0215. The molecule has 2 fully saturated rings. The van der Waals surface area contributed by atoms with Gasteiger partial charge in [-0.05, 0) is 38.6 Å². The molecule has 4 nitrogen and oxygen atoms in total. The molecule has 2 atom stereocenters. The molecule has 0 aromatic carbocycles. The van der Waals surface area contributed by atoms with E-state index in [2.05, 4.69) is 21.8 Å². The lowest BCUT2D eigenvalue weighted by Crippen LogP contribution is -2.43. The molecule has 0 radical (unpaired) electrons. The zero-order valence-corrected chi connectivity index (χ0v) is 12.3. The molecule has 0 bridgehead atoms. The van der Waals surface area contributed by atoms with E-state index < -0.39 is 6.43 Å². The topological polar surface area (TPSA) is 38.2 Å². The van der Waals surface area contributed by atoms with Crippen molar-refractivity contribution in [1.82, 2.24) is 14.9 Å². The minimum atomic E-state index is -2.61. The summed E-state index contributed by atoms with van der Waals surface area (Å²) in [5, 5.41) is 0. The molecule has 2 aliphatic rings. The molecular weight excluding hydrogens is 276 g/mol. The zero-order chi connectivity index (χ0) is 14.9. The van der Waals surface area contributed by atoms with Gasteiger partial charge >= 0.3 is 0 Å². The molecule has 6 heteroatoms. The molecule has 0 saturated carbocycles. The normalized spacial score (nSPS) is 29.0. The Morgan fingerprint density at radius 1 is 1.48 bits per heavy atom. The second kappa shape index (κ2) is 5.83. The van der Waals surface area contributed by atoms with Crippen LogP contribution >= 0.6 is 0 Å². The van der Waals surface area contributed by atoms with Crippen LogP contribution in [-0.4, -0.2) is 39.6 Å². The van der Waals surface area contributed by atoms with E-state index in [1.54, 1.807) is 0 Å². The number of halogens is 2. The summed E-state index contributed by atoms with van der Waals surface area (Å²) in [6, 6.07) is 0.313. The van der Waals surface area contributed by atoms with Crippen molar-refractivity contribution < 1.29 is 13.5 Å². The van der Waals surface area contributed by atoms with Crippen molar-refractivity contribution in [3.05, 3.63) is 18.1 Å². The lowest BCUT2D eigenvalue weighted by molar-refractivity contribution is 0.103. The number of fused-ring (bicyclic) bond motifs is 1. The van der Waals surface area contributed by atoms with E-state index in [0.717, 1.165) is 25.6 Å². The second-order valence-electron chi connectivity index (χ2n) is 5.96. The number of hydrogen-bond donors (Lipinski definition) is 0. The minimum absolute atomic E-state index is 0.0215. The molecule has 2 aliphatic heterocycles. The van der Waals surface area contributed by atoms with E-state index in [1.165, 1.54) is 25.6 Å². The number of rotatable bonds is 5. The van der Waals surface area contributed by atoms with E-state index in [0.29, 0.717) is 18.2 Å². The molecule has 116 valence electrons. The summed E-state index contributed by atoms with van der Waals surface area (Å²) in [5.41, 5.74) is 0.101. The van der Waals surface area contributed by atoms with Gasteiger partial charge in [-0.3, -0.25) is 4.90 Å². The van der Waals surface area contributed by atoms with Gasteiger partial charge in [-0.15, -0.1) is 0 Å². The third-order valence-corrected chi connectivity index (χ3v) is 5.04. The van der Waals surface area contributed by atoms with Gasteiger partial charge in [0.1, 0.15) is 12.9 Å². The SMILES string of the molecule is CC[C@@]12CCCN1[C@H](COc1ncncc1C(F)F)CC2. The lowest BCUT2D eigenvalue weighted by atomic mass is 9.91. The predicted molar refractivity (Wildman–Crippen MR) is 74.5 cm³/mol. The second-order valence-corrected chi connectivity index (χ2v) is 5.96. The van der Waals surface area contributed by atoms with Gasteiger partial charge in [0.05, 0.1) is 5.56 Å². The molecule has 0 spiro atoms. The van der Waals surface area contributed by atoms with E-state index in [9.17, 15) is 8.78 Å². The Morgan fingerprint density at radius 2 is 2.33 bits per heavy atom. The average Bonchev–Trinajstić information content (AvgIpc) is 3.05. The summed E-state index contributed by atoms with van der Waals surface area (Å²) in [7, 11) is 0. The summed E-state index contributed by atoms with van der Waals surface area (Å²) >= 11 is 0. The van der Waals surface area contributed by atoms with Crippen molar-refractivity contribution in [2.75, 3.05) is 13.2 Å². The number of nitrogens with zero attached hydrogens (tertiary/aromatic N) is 3. The molecule has 2 saturated heterocycles. The van der Waals surface area contributed by atoms with E-state index >= 15 is 0 Å². The van der Waals surface area contributed by atoms with Crippen molar-refractivity contribution in [2.24, 2.45) is 0 Å². The monoisotopic (exact) mass is 297 g/mol. The van der Waals surface area contributed by atoms with Gasteiger partial charge in [-0.1, -0.05) is 6.92 Å². The van der Waals surface area contributed by atoms with Crippen molar-refractivity contribution >= 4 is 0 Å². The van der Waals surface area contributed by atoms with Crippen LogP contribution in [0.3, 0.4) is 0 Å². The maximum atomic E-state index is 12.9. The van der Waals surface area contributed by atoms with E-state index in [4.69, 9.17) is 4.74 Å². The van der Waals surface area contributed by atoms with E-state index in [1.807, 2.05) is 0 Å². The van der Waals surface area contributed by atoms with Gasteiger partial charge in [-0.25, -0.2) is 18.7 Å². The number of alkyl halides is 2. The van der Waals surface area contributed by atoms with Gasteiger partial charge in [0, 0.05) is 17.8 Å². The van der Waals surface area contributed by atoms with Gasteiger partial charge in [0.15, 0.2) is 0 Å². The predicted octanol–water partition coefficient (Wildman–Crippen LogP) is 3.20. The number of aromatic nitrogens is 2. The quantitative estimate of drug-likeness (QED) is 0.836. The van der Waals surface area contributed by atoms with Crippen LogP contribution in [0, 0.1) is 0 Å². The zero-order valence-electron chi connectivity index (χ0n) is 12.3. The average molecular weight is 297 g/mol. The molecular formula is C15H21F2N3O. The van der Waals surface area contributed by atoms with Gasteiger partial charge in [0.25, 0.3) is 6.43 Å². The van der Waals surface area contributed by atoms with Gasteiger partial charge < -0.3 is 4.74 Å². The first-order valence-corrected chi connectivity index (χ1v) is 7.64. The fourth-order valence-corrected chi connectivity index (χ4v) is 3.89. The third kappa shape index (κ3) is 2.61.